The van der Waals surface area contributed by atoms with Crippen LogP contribution in [0.3, 0.4) is 0 Å². The van der Waals surface area contributed by atoms with Crippen LogP contribution in [0.15, 0.2) is 24.3 Å². The first-order valence-corrected chi connectivity index (χ1v) is 8.45. The number of carbonyl (C=O) groups excluding carboxylic acids is 1. The largest absolute Gasteiger partial charge is 0.444 e. The van der Waals surface area contributed by atoms with E-state index < -0.39 is 5.60 Å². The SMILES string of the molecule is Cc1ccc(CNC2(C)CCN(C(=O)OC(C)(C)C)CC2)cc1. The predicted molar refractivity (Wildman–Crippen MR) is 93.5 cm³/mol. The Morgan fingerprint density at radius 2 is 1.78 bits per heavy atom. The minimum Gasteiger partial charge on any atom is -0.444 e. The number of rotatable bonds is 3. The van der Waals surface area contributed by atoms with E-state index >= 15 is 0 Å². The zero-order chi connectivity index (χ0) is 17.1. The lowest BCUT2D eigenvalue weighted by atomic mass is 9.89. The Bertz CT molecular complexity index is 523. The van der Waals surface area contributed by atoms with Crippen LogP contribution in [0.1, 0.15) is 51.7 Å². The Morgan fingerprint density at radius 1 is 1.22 bits per heavy atom. The van der Waals surface area contributed by atoms with Gasteiger partial charge in [-0.25, -0.2) is 4.79 Å². The van der Waals surface area contributed by atoms with Crippen molar-refractivity contribution in [2.45, 2.75) is 65.1 Å². The van der Waals surface area contributed by atoms with Gasteiger partial charge in [-0.2, -0.15) is 0 Å². The van der Waals surface area contributed by atoms with Crippen molar-refractivity contribution in [3.8, 4) is 0 Å². The van der Waals surface area contributed by atoms with Crippen molar-refractivity contribution >= 4 is 6.09 Å². The van der Waals surface area contributed by atoms with Crippen molar-refractivity contribution in [1.29, 1.82) is 0 Å². The Kier molecular flexibility index (Phi) is 5.35. The molecule has 0 atom stereocenters. The van der Waals surface area contributed by atoms with Crippen LogP contribution >= 0.6 is 0 Å². The molecule has 1 N–H and O–H groups in total. The number of likely N-dealkylation sites (tertiary alicyclic amines) is 1. The van der Waals surface area contributed by atoms with E-state index in [0.29, 0.717) is 0 Å². The second kappa shape index (κ2) is 6.91. The molecule has 0 bridgehead atoms. The van der Waals surface area contributed by atoms with E-state index in [9.17, 15) is 4.79 Å². The van der Waals surface area contributed by atoms with E-state index in [2.05, 4.69) is 43.4 Å². The molecule has 0 aromatic heterocycles. The molecule has 0 spiro atoms. The second-order valence-corrected chi connectivity index (χ2v) is 7.87. The maximum Gasteiger partial charge on any atom is 0.410 e. The summed E-state index contributed by atoms with van der Waals surface area (Å²) in [5, 5.41) is 3.66. The van der Waals surface area contributed by atoms with Gasteiger partial charge in [0.25, 0.3) is 0 Å². The zero-order valence-corrected chi connectivity index (χ0v) is 15.1. The minimum absolute atomic E-state index is 0.0728. The lowest BCUT2D eigenvalue weighted by Crippen LogP contribution is -2.53. The van der Waals surface area contributed by atoms with Gasteiger partial charge in [0.05, 0.1) is 0 Å². The van der Waals surface area contributed by atoms with Crippen LogP contribution in [0.25, 0.3) is 0 Å². The molecule has 0 unspecified atom stereocenters. The fraction of sp³-hybridized carbons (Fsp3) is 0.632. The molecule has 1 amide bonds. The highest BCUT2D eigenvalue weighted by atomic mass is 16.6. The normalized spacial score (nSPS) is 17.9. The summed E-state index contributed by atoms with van der Waals surface area (Å²) in [6.45, 7) is 12.4. The van der Waals surface area contributed by atoms with Crippen LogP contribution in [-0.2, 0) is 11.3 Å². The molecule has 1 fully saturated rings. The summed E-state index contributed by atoms with van der Waals surface area (Å²) < 4.78 is 5.45. The quantitative estimate of drug-likeness (QED) is 0.919. The Labute approximate surface area is 140 Å². The molecular weight excluding hydrogens is 288 g/mol. The highest BCUT2D eigenvalue weighted by Crippen LogP contribution is 2.23. The summed E-state index contributed by atoms with van der Waals surface area (Å²) in [4.78, 5) is 13.9. The molecule has 4 heteroatoms. The second-order valence-electron chi connectivity index (χ2n) is 7.87. The fourth-order valence-corrected chi connectivity index (χ4v) is 2.71. The fourth-order valence-electron chi connectivity index (χ4n) is 2.71. The lowest BCUT2D eigenvalue weighted by Gasteiger charge is -2.40. The van der Waals surface area contributed by atoms with Crippen molar-refractivity contribution in [1.82, 2.24) is 10.2 Å². The molecule has 1 aliphatic rings. The van der Waals surface area contributed by atoms with Crippen molar-refractivity contribution < 1.29 is 9.53 Å². The molecule has 128 valence electrons. The topological polar surface area (TPSA) is 41.6 Å². The highest BCUT2D eigenvalue weighted by Gasteiger charge is 2.33. The van der Waals surface area contributed by atoms with Gasteiger partial charge in [0.2, 0.25) is 0 Å². The molecule has 0 aliphatic carbocycles. The third kappa shape index (κ3) is 5.54. The Balaban J connectivity index is 1.82. The van der Waals surface area contributed by atoms with E-state index in [-0.39, 0.29) is 11.6 Å². The average Bonchev–Trinajstić information content (AvgIpc) is 2.46. The molecule has 4 nitrogen and oxygen atoms in total. The molecule has 1 aromatic carbocycles. The average molecular weight is 318 g/mol. The minimum atomic E-state index is -0.429. The number of hydrogen-bond acceptors (Lipinski definition) is 3. The first-order chi connectivity index (χ1) is 10.7. The Morgan fingerprint density at radius 3 is 2.30 bits per heavy atom. The number of benzene rings is 1. The number of amides is 1. The molecule has 0 saturated carbocycles. The van der Waals surface area contributed by atoms with Gasteiger partial charge in [0, 0.05) is 25.2 Å². The predicted octanol–water partition coefficient (Wildman–Crippen LogP) is 3.87. The molecule has 0 radical (unpaired) electrons. The van der Waals surface area contributed by atoms with Gasteiger partial charge in [-0.05, 0) is 53.0 Å². The van der Waals surface area contributed by atoms with Crippen molar-refractivity contribution in [3.05, 3.63) is 35.4 Å². The maximum atomic E-state index is 12.1. The van der Waals surface area contributed by atoms with Crippen LogP contribution in [0.4, 0.5) is 4.79 Å². The summed E-state index contributed by atoms with van der Waals surface area (Å²) in [7, 11) is 0. The number of ether oxygens (including phenoxy) is 1. The van der Waals surface area contributed by atoms with Crippen LogP contribution in [0.5, 0.6) is 0 Å². The van der Waals surface area contributed by atoms with Crippen molar-refractivity contribution in [2.75, 3.05) is 13.1 Å². The summed E-state index contributed by atoms with van der Waals surface area (Å²) in [5.74, 6) is 0. The van der Waals surface area contributed by atoms with Gasteiger partial charge in [-0.15, -0.1) is 0 Å². The summed E-state index contributed by atoms with van der Waals surface area (Å²) in [5.41, 5.74) is 2.22. The van der Waals surface area contributed by atoms with E-state index in [1.807, 2.05) is 25.7 Å². The number of nitrogens with zero attached hydrogens (tertiary/aromatic N) is 1. The number of nitrogens with one attached hydrogen (secondary N) is 1. The third-order valence-corrected chi connectivity index (χ3v) is 4.36. The lowest BCUT2D eigenvalue weighted by molar-refractivity contribution is 0.0157. The summed E-state index contributed by atoms with van der Waals surface area (Å²) in [6, 6.07) is 8.62. The molecular formula is C19H30N2O2. The number of carbonyl (C=O) groups is 1. The monoisotopic (exact) mass is 318 g/mol. The number of piperidine rings is 1. The van der Waals surface area contributed by atoms with Gasteiger partial charge in [-0.1, -0.05) is 29.8 Å². The van der Waals surface area contributed by atoms with Gasteiger partial charge < -0.3 is 15.0 Å². The van der Waals surface area contributed by atoms with E-state index in [1.54, 1.807) is 0 Å². The van der Waals surface area contributed by atoms with Crippen LogP contribution in [-0.4, -0.2) is 35.2 Å². The summed E-state index contributed by atoms with van der Waals surface area (Å²) >= 11 is 0. The smallest absolute Gasteiger partial charge is 0.410 e. The van der Waals surface area contributed by atoms with Crippen molar-refractivity contribution in [3.63, 3.8) is 0 Å². The van der Waals surface area contributed by atoms with Gasteiger partial charge in [0.1, 0.15) is 5.60 Å². The van der Waals surface area contributed by atoms with Crippen molar-refractivity contribution in [2.24, 2.45) is 0 Å². The highest BCUT2D eigenvalue weighted by molar-refractivity contribution is 5.68. The molecule has 1 aliphatic heterocycles. The van der Waals surface area contributed by atoms with E-state index in [1.165, 1.54) is 11.1 Å². The van der Waals surface area contributed by atoms with E-state index in [4.69, 9.17) is 4.74 Å². The molecule has 1 saturated heterocycles. The van der Waals surface area contributed by atoms with Gasteiger partial charge in [0.15, 0.2) is 0 Å². The first-order valence-electron chi connectivity index (χ1n) is 8.45. The molecule has 1 heterocycles. The van der Waals surface area contributed by atoms with Gasteiger partial charge >= 0.3 is 6.09 Å². The molecule has 23 heavy (non-hydrogen) atoms. The Hall–Kier alpha value is -1.55. The molecule has 1 aromatic rings. The number of hydrogen-bond donors (Lipinski definition) is 1. The van der Waals surface area contributed by atoms with Gasteiger partial charge in [-0.3, -0.25) is 0 Å². The standard InChI is InChI=1S/C19H30N2O2/c1-15-6-8-16(9-7-15)14-20-19(5)10-12-21(13-11-19)17(22)23-18(2,3)4/h6-9,20H,10-14H2,1-5H3. The van der Waals surface area contributed by atoms with E-state index in [0.717, 1.165) is 32.5 Å². The van der Waals surface area contributed by atoms with Crippen LogP contribution in [0.2, 0.25) is 0 Å². The summed E-state index contributed by atoms with van der Waals surface area (Å²) in [6.07, 6.45) is 1.69. The van der Waals surface area contributed by atoms with Crippen LogP contribution < -0.4 is 5.32 Å². The van der Waals surface area contributed by atoms with Crippen LogP contribution in [0, 0.1) is 6.92 Å². The molecule has 2 rings (SSSR count). The third-order valence-electron chi connectivity index (χ3n) is 4.36. The number of aryl methyl sites for hydroxylation is 1. The first kappa shape index (κ1) is 17.8. The zero-order valence-electron chi connectivity index (χ0n) is 15.1. The maximum absolute atomic E-state index is 12.1.